The minimum atomic E-state index is -0.903. The van der Waals surface area contributed by atoms with Crippen molar-refractivity contribution in [2.75, 3.05) is 12.3 Å². The van der Waals surface area contributed by atoms with Gasteiger partial charge in [0, 0.05) is 24.2 Å². The lowest BCUT2D eigenvalue weighted by molar-refractivity contribution is -0.147. The van der Waals surface area contributed by atoms with E-state index < -0.39 is 12.0 Å². The number of aromatic nitrogens is 2. The van der Waals surface area contributed by atoms with Gasteiger partial charge in [-0.2, -0.15) is 0 Å². The highest BCUT2D eigenvalue weighted by Gasteiger charge is 2.33. The highest BCUT2D eigenvalue weighted by atomic mass is 32.2. The second-order valence-corrected chi connectivity index (χ2v) is 5.14. The van der Waals surface area contributed by atoms with E-state index in [4.69, 9.17) is 5.11 Å². The van der Waals surface area contributed by atoms with E-state index in [9.17, 15) is 9.59 Å². The Balaban J connectivity index is 1.79. The van der Waals surface area contributed by atoms with Crippen LogP contribution in [0.1, 0.15) is 18.5 Å². The Morgan fingerprint density at radius 2 is 2.44 bits per heavy atom. The Hall–Kier alpha value is -1.50. The maximum Gasteiger partial charge on any atom is 0.326 e. The molecule has 1 amide bonds. The molecule has 1 fully saturated rings. The van der Waals surface area contributed by atoms with Gasteiger partial charge in [-0.05, 0) is 12.8 Å². The van der Waals surface area contributed by atoms with Gasteiger partial charge in [-0.25, -0.2) is 9.78 Å². The molecule has 1 atom stereocenters. The van der Waals surface area contributed by atoms with Crippen molar-refractivity contribution in [2.24, 2.45) is 0 Å². The number of hydrogen-bond acceptors (Lipinski definition) is 4. The first-order valence-electron chi connectivity index (χ1n) is 5.76. The minimum Gasteiger partial charge on any atom is -0.480 e. The number of thioether (sulfide) groups is 1. The molecule has 0 saturated carbocycles. The first-order chi connectivity index (χ1) is 8.68. The van der Waals surface area contributed by atoms with Crippen LogP contribution in [0.4, 0.5) is 0 Å². The summed E-state index contributed by atoms with van der Waals surface area (Å²) in [5, 5.41) is 8.99. The summed E-state index contributed by atoms with van der Waals surface area (Å²) >= 11 is 1.46. The Kier molecular flexibility index (Phi) is 4.24. The summed E-state index contributed by atoms with van der Waals surface area (Å²) in [7, 11) is 0. The first kappa shape index (κ1) is 12.9. The largest absolute Gasteiger partial charge is 0.480 e. The third kappa shape index (κ3) is 3.04. The molecular formula is C11H15N3O3S. The summed E-state index contributed by atoms with van der Waals surface area (Å²) in [6.45, 7) is 0.556. The maximum atomic E-state index is 11.9. The number of rotatable bonds is 5. The number of nitrogens with zero attached hydrogens (tertiary/aromatic N) is 2. The van der Waals surface area contributed by atoms with Crippen molar-refractivity contribution >= 4 is 23.6 Å². The van der Waals surface area contributed by atoms with Crippen molar-refractivity contribution < 1.29 is 14.7 Å². The zero-order valence-corrected chi connectivity index (χ0v) is 10.7. The molecule has 2 N–H and O–H groups in total. The molecule has 0 radical (unpaired) electrons. The highest BCUT2D eigenvalue weighted by Crippen LogP contribution is 2.19. The molecule has 1 aliphatic rings. The molecule has 1 saturated heterocycles. The number of hydrogen-bond donors (Lipinski definition) is 2. The predicted octanol–water partition coefficient (Wildman–Crippen LogP) is 0.718. The fraction of sp³-hybridized carbons (Fsp3) is 0.545. The van der Waals surface area contributed by atoms with Gasteiger partial charge in [-0.1, -0.05) is 0 Å². The van der Waals surface area contributed by atoms with E-state index in [1.54, 1.807) is 12.5 Å². The second kappa shape index (κ2) is 5.90. The average Bonchev–Trinajstić information content (AvgIpc) is 2.99. The van der Waals surface area contributed by atoms with Gasteiger partial charge in [0.25, 0.3) is 0 Å². The van der Waals surface area contributed by atoms with Crippen LogP contribution in [0.3, 0.4) is 0 Å². The minimum absolute atomic E-state index is 0.0931. The number of likely N-dealkylation sites (tertiary alicyclic amines) is 1. The molecule has 6 nitrogen and oxygen atoms in total. The van der Waals surface area contributed by atoms with Crippen LogP contribution < -0.4 is 0 Å². The van der Waals surface area contributed by atoms with Crippen LogP contribution in [-0.4, -0.2) is 50.2 Å². The molecule has 0 spiro atoms. The van der Waals surface area contributed by atoms with Gasteiger partial charge in [0.2, 0.25) is 5.91 Å². The molecule has 18 heavy (non-hydrogen) atoms. The third-order valence-corrected chi connectivity index (χ3v) is 3.86. The lowest BCUT2D eigenvalue weighted by Crippen LogP contribution is -2.41. The zero-order chi connectivity index (χ0) is 13.0. The van der Waals surface area contributed by atoms with Crippen molar-refractivity contribution in [1.82, 2.24) is 14.9 Å². The molecule has 2 rings (SSSR count). The van der Waals surface area contributed by atoms with Crippen LogP contribution in [0.5, 0.6) is 0 Å². The number of aromatic amines is 1. The van der Waals surface area contributed by atoms with Crippen molar-refractivity contribution in [2.45, 2.75) is 24.6 Å². The number of nitrogens with one attached hydrogen (secondary N) is 1. The van der Waals surface area contributed by atoms with Gasteiger partial charge < -0.3 is 15.0 Å². The molecule has 0 bridgehead atoms. The number of aliphatic carboxylic acids is 1. The van der Waals surface area contributed by atoms with Gasteiger partial charge in [-0.15, -0.1) is 11.8 Å². The van der Waals surface area contributed by atoms with Crippen molar-refractivity contribution in [3.05, 3.63) is 18.2 Å². The maximum absolute atomic E-state index is 11.9. The molecule has 0 aromatic carbocycles. The standard InChI is InChI=1S/C11H15N3O3S/c15-10(6-18-5-8-4-12-7-13-8)14-3-1-2-9(14)11(16)17/h4,7,9H,1-3,5-6H2,(H,12,13)(H,16,17)/t9-/m0/s1. The molecule has 1 aliphatic heterocycles. The predicted molar refractivity (Wildman–Crippen MR) is 67.1 cm³/mol. The van der Waals surface area contributed by atoms with Crippen LogP contribution in [-0.2, 0) is 15.3 Å². The molecule has 7 heteroatoms. The monoisotopic (exact) mass is 269 g/mol. The van der Waals surface area contributed by atoms with Crippen LogP contribution in [0.2, 0.25) is 0 Å². The lowest BCUT2D eigenvalue weighted by atomic mass is 10.2. The number of carboxylic acids is 1. The molecule has 0 aliphatic carbocycles. The summed E-state index contributed by atoms with van der Waals surface area (Å²) in [6, 6.07) is -0.634. The summed E-state index contributed by atoms with van der Waals surface area (Å²) in [6.07, 6.45) is 4.65. The third-order valence-electron chi connectivity index (χ3n) is 2.90. The van der Waals surface area contributed by atoms with Crippen molar-refractivity contribution in [1.29, 1.82) is 0 Å². The van der Waals surface area contributed by atoms with E-state index in [-0.39, 0.29) is 5.91 Å². The first-order valence-corrected chi connectivity index (χ1v) is 6.91. The summed E-state index contributed by atoms with van der Waals surface area (Å²) in [4.78, 5) is 31.2. The lowest BCUT2D eigenvalue weighted by Gasteiger charge is -2.21. The van der Waals surface area contributed by atoms with Crippen LogP contribution in [0, 0.1) is 0 Å². The smallest absolute Gasteiger partial charge is 0.326 e. The van der Waals surface area contributed by atoms with E-state index >= 15 is 0 Å². The summed E-state index contributed by atoms with van der Waals surface area (Å²) < 4.78 is 0. The normalized spacial score (nSPS) is 19.1. The van der Waals surface area contributed by atoms with Gasteiger partial charge in [-0.3, -0.25) is 4.79 Å². The molecular weight excluding hydrogens is 254 g/mol. The van der Waals surface area contributed by atoms with Gasteiger partial charge >= 0.3 is 5.97 Å². The van der Waals surface area contributed by atoms with E-state index in [2.05, 4.69) is 9.97 Å². The summed E-state index contributed by atoms with van der Waals surface area (Å²) in [5.41, 5.74) is 0.962. The van der Waals surface area contributed by atoms with E-state index in [0.29, 0.717) is 24.5 Å². The Morgan fingerprint density at radius 3 is 3.11 bits per heavy atom. The average molecular weight is 269 g/mol. The van der Waals surface area contributed by atoms with Crippen molar-refractivity contribution in [3.8, 4) is 0 Å². The van der Waals surface area contributed by atoms with Crippen LogP contribution in [0.25, 0.3) is 0 Å². The molecule has 0 unspecified atom stereocenters. The Bertz CT molecular complexity index is 421. The molecule has 98 valence electrons. The summed E-state index contributed by atoms with van der Waals surface area (Å²) in [5.74, 6) is -0.0102. The molecule has 2 heterocycles. The fourth-order valence-electron chi connectivity index (χ4n) is 2.02. The van der Waals surface area contributed by atoms with Crippen molar-refractivity contribution in [3.63, 3.8) is 0 Å². The topological polar surface area (TPSA) is 86.3 Å². The zero-order valence-electron chi connectivity index (χ0n) is 9.83. The fourth-order valence-corrected chi connectivity index (χ4v) is 2.84. The number of carbonyl (C=O) groups is 2. The number of carbonyl (C=O) groups excluding carboxylic acids is 1. The number of imidazole rings is 1. The molecule has 1 aromatic heterocycles. The SMILES string of the molecule is O=C(O)[C@@H]1CCCN1C(=O)CSCc1cnc[nH]1. The van der Waals surface area contributed by atoms with Gasteiger partial charge in [0.1, 0.15) is 6.04 Å². The molecule has 1 aromatic rings. The Labute approximate surface area is 109 Å². The van der Waals surface area contributed by atoms with Gasteiger partial charge in [0.05, 0.1) is 12.1 Å². The number of H-pyrrole nitrogens is 1. The number of amides is 1. The second-order valence-electron chi connectivity index (χ2n) is 4.15. The Morgan fingerprint density at radius 1 is 1.61 bits per heavy atom. The van der Waals surface area contributed by atoms with E-state index in [1.165, 1.54) is 16.7 Å². The van der Waals surface area contributed by atoms with E-state index in [1.807, 2.05) is 0 Å². The quantitative estimate of drug-likeness (QED) is 0.822. The van der Waals surface area contributed by atoms with Crippen LogP contribution >= 0.6 is 11.8 Å². The van der Waals surface area contributed by atoms with Gasteiger partial charge in [0.15, 0.2) is 0 Å². The van der Waals surface area contributed by atoms with Crippen LogP contribution in [0.15, 0.2) is 12.5 Å². The van der Waals surface area contributed by atoms with E-state index in [0.717, 1.165) is 12.1 Å². The highest BCUT2D eigenvalue weighted by molar-refractivity contribution is 7.99. The number of carboxylic acid groups (broad SMARTS) is 1.